The number of hydrogen-bond donors (Lipinski definition) is 0. The van der Waals surface area contributed by atoms with Gasteiger partial charge >= 0.3 is 0 Å². The zero-order chi connectivity index (χ0) is 20.4. The van der Waals surface area contributed by atoms with E-state index in [4.69, 9.17) is 0 Å². The first kappa shape index (κ1) is 18.1. The van der Waals surface area contributed by atoms with Crippen molar-refractivity contribution in [2.24, 2.45) is 5.41 Å². The van der Waals surface area contributed by atoms with Gasteiger partial charge in [-0.1, -0.05) is 69.3 Å². The van der Waals surface area contributed by atoms with E-state index in [2.05, 4.69) is 123 Å². The summed E-state index contributed by atoms with van der Waals surface area (Å²) < 4.78 is 0. The molecular formula is C27H28N2. The molecule has 2 aliphatic rings. The molecule has 0 spiro atoms. The summed E-state index contributed by atoms with van der Waals surface area (Å²) in [5, 5.41) is 0. The highest BCUT2D eigenvalue weighted by Crippen LogP contribution is 2.62. The average Bonchev–Trinajstić information content (AvgIpc) is 3.08. The predicted octanol–water partition coefficient (Wildman–Crippen LogP) is 7.09. The van der Waals surface area contributed by atoms with Crippen LogP contribution >= 0.6 is 0 Å². The Morgan fingerprint density at radius 1 is 0.793 bits per heavy atom. The molecule has 5 rings (SSSR count). The number of nitrogens with zero attached hydrogens (tertiary/aromatic N) is 2. The molecule has 3 aromatic carbocycles. The highest BCUT2D eigenvalue weighted by molar-refractivity contribution is 5.91. The molecule has 0 aromatic heterocycles. The first-order valence-corrected chi connectivity index (χ1v) is 10.4. The summed E-state index contributed by atoms with van der Waals surface area (Å²) in [5.74, 6) is 0. The summed E-state index contributed by atoms with van der Waals surface area (Å²) in [4.78, 5) is 5.07. The standard InChI is InChI=1S/C27H28N2/c1-6-27(5)21-14-10-11-15-22(21)29-24-18-19(2)16-17-23(24)28(25(29)26(27,3)4)20-12-8-7-9-13-20/h6-18,25H,1H2,2-5H3. The molecule has 2 atom stereocenters. The van der Waals surface area contributed by atoms with Crippen LogP contribution in [0.1, 0.15) is 31.9 Å². The van der Waals surface area contributed by atoms with Gasteiger partial charge in [-0.05, 0) is 48.4 Å². The highest BCUT2D eigenvalue weighted by Gasteiger charge is 2.58. The maximum atomic E-state index is 4.29. The minimum atomic E-state index is -0.158. The van der Waals surface area contributed by atoms with Crippen molar-refractivity contribution in [1.29, 1.82) is 0 Å². The van der Waals surface area contributed by atoms with Crippen LogP contribution in [0.3, 0.4) is 0 Å². The zero-order valence-electron chi connectivity index (χ0n) is 17.7. The fourth-order valence-electron chi connectivity index (χ4n) is 5.30. The molecule has 0 fully saturated rings. The van der Waals surface area contributed by atoms with Crippen LogP contribution in [-0.2, 0) is 5.41 Å². The van der Waals surface area contributed by atoms with Crippen LogP contribution in [0.2, 0.25) is 0 Å². The third-order valence-corrected chi connectivity index (χ3v) is 7.29. The molecule has 0 N–H and O–H groups in total. The summed E-state index contributed by atoms with van der Waals surface area (Å²) in [6.45, 7) is 13.6. The number of para-hydroxylation sites is 2. The van der Waals surface area contributed by atoms with Crippen molar-refractivity contribution in [1.82, 2.24) is 0 Å². The molecule has 0 saturated carbocycles. The van der Waals surface area contributed by atoms with Gasteiger partial charge in [-0.15, -0.1) is 6.58 Å². The van der Waals surface area contributed by atoms with E-state index in [1.54, 1.807) is 0 Å². The number of benzene rings is 3. The number of aryl methyl sites for hydroxylation is 1. The first-order valence-electron chi connectivity index (χ1n) is 10.4. The van der Waals surface area contributed by atoms with Gasteiger partial charge in [-0.25, -0.2) is 0 Å². The maximum Gasteiger partial charge on any atom is 0.117 e. The van der Waals surface area contributed by atoms with Crippen molar-refractivity contribution in [3.05, 3.63) is 96.6 Å². The zero-order valence-corrected chi connectivity index (χ0v) is 17.7. The Morgan fingerprint density at radius 3 is 2.21 bits per heavy atom. The van der Waals surface area contributed by atoms with Crippen LogP contribution in [0.5, 0.6) is 0 Å². The van der Waals surface area contributed by atoms with Gasteiger partial charge in [0.2, 0.25) is 0 Å². The number of fused-ring (bicyclic) bond motifs is 5. The Labute approximate surface area is 174 Å². The van der Waals surface area contributed by atoms with Gasteiger partial charge in [0.1, 0.15) is 6.17 Å². The van der Waals surface area contributed by atoms with Crippen molar-refractivity contribution in [3.63, 3.8) is 0 Å². The molecule has 2 aliphatic heterocycles. The highest BCUT2D eigenvalue weighted by atomic mass is 15.4. The minimum absolute atomic E-state index is 0.0914. The second-order valence-corrected chi connectivity index (χ2v) is 9.09. The number of allylic oxidation sites excluding steroid dienone is 1. The van der Waals surface area contributed by atoms with E-state index < -0.39 is 0 Å². The molecule has 0 radical (unpaired) electrons. The third-order valence-electron chi connectivity index (χ3n) is 7.29. The van der Waals surface area contributed by atoms with Gasteiger partial charge in [0.05, 0.1) is 11.4 Å². The predicted molar refractivity (Wildman–Crippen MR) is 123 cm³/mol. The lowest BCUT2D eigenvalue weighted by atomic mass is 9.58. The topological polar surface area (TPSA) is 6.48 Å². The van der Waals surface area contributed by atoms with E-state index in [0.29, 0.717) is 0 Å². The van der Waals surface area contributed by atoms with Crippen molar-refractivity contribution >= 4 is 22.7 Å². The van der Waals surface area contributed by atoms with Gasteiger partial charge in [0.15, 0.2) is 0 Å². The Hall–Kier alpha value is -3.00. The summed E-state index contributed by atoms with van der Waals surface area (Å²) >= 11 is 0. The van der Waals surface area contributed by atoms with Crippen molar-refractivity contribution in [2.45, 2.75) is 39.3 Å². The molecule has 146 valence electrons. The van der Waals surface area contributed by atoms with E-state index in [1.807, 2.05) is 0 Å². The van der Waals surface area contributed by atoms with Gasteiger partial charge < -0.3 is 9.80 Å². The van der Waals surface area contributed by atoms with Crippen LogP contribution in [0.4, 0.5) is 22.7 Å². The summed E-state index contributed by atoms with van der Waals surface area (Å²) in [6.07, 6.45) is 2.31. The minimum Gasteiger partial charge on any atom is -0.318 e. The number of rotatable bonds is 2. The van der Waals surface area contributed by atoms with Crippen LogP contribution in [0.15, 0.2) is 85.5 Å². The summed E-state index contributed by atoms with van der Waals surface area (Å²) in [5.41, 5.74) is 7.44. The Bertz CT molecular complexity index is 1100. The molecule has 0 bridgehead atoms. The molecule has 3 aromatic rings. The third kappa shape index (κ3) is 2.23. The molecule has 2 heterocycles. The SMILES string of the molecule is C=CC1(C)c2ccccc2N2c3cc(C)ccc3N(c3ccccc3)C2C1(C)C. The van der Waals surface area contributed by atoms with Crippen LogP contribution in [0.25, 0.3) is 0 Å². The number of anilines is 4. The second-order valence-electron chi connectivity index (χ2n) is 9.09. The maximum absolute atomic E-state index is 4.29. The monoisotopic (exact) mass is 380 g/mol. The molecule has 2 unspecified atom stereocenters. The molecule has 0 saturated heterocycles. The Balaban J connectivity index is 1.87. The quantitative estimate of drug-likeness (QED) is 0.438. The van der Waals surface area contributed by atoms with Crippen LogP contribution in [0, 0.1) is 12.3 Å². The van der Waals surface area contributed by atoms with Gasteiger partial charge in [-0.2, -0.15) is 0 Å². The molecule has 0 amide bonds. The van der Waals surface area contributed by atoms with Crippen LogP contribution < -0.4 is 9.80 Å². The fourth-order valence-corrected chi connectivity index (χ4v) is 5.30. The van der Waals surface area contributed by atoms with E-state index in [-0.39, 0.29) is 17.0 Å². The van der Waals surface area contributed by atoms with Crippen molar-refractivity contribution < 1.29 is 0 Å². The van der Waals surface area contributed by atoms with Gasteiger partial charge in [-0.3, -0.25) is 0 Å². The fraction of sp³-hybridized carbons (Fsp3) is 0.259. The molecule has 2 heteroatoms. The normalized spacial score (nSPS) is 23.9. The molecule has 2 nitrogen and oxygen atoms in total. The summed E-state index contributed by atoms with van der Waals surface area (Å²) in [6, 6.07) is 26.4. The van der Waals surface area contributed by atoms with Crippen LogP contribution in [-0.4, -0.2) is 6.17 Å². The molecular weight excluding hydrogens is 352 g/mol. The van der Waals surface area contributed by atoms with E-state index in [0.717, 1.165) is 0 Å². The lowest BCUT2D eigenvalue weighted by Crippen LogP contribution is -2.60. The molecule has 0 aliphatic carbocycles. The Morgan fingerprint density at radius 2 is 1.48 bits per heavy atom. The average molecular weight is 381 g/mol. The van der Waals surface area contributed by atoms with Gasteiger partial charge in [0.25, 0.3) is 0 Å². The Kier molecular flexibility index (Phi) is 3.73. The largest absolute Gasteiger partial charge is 0.318 e. The van der Waals surface area contributed by atoms with E-state index in [9.17, 15) is 0 Å². The van der Waals surface area contributed by atoms with E-state index in [1.165, 1.54) is 33.9 Å². The summed E-state index contributed by atoms with van der Waals surface area (Å²) in [7, 11) is 0. The first-order chi connectivity index (χ1) is 13.9. The van der Waals surface area contributed by atoms with Crippen molar-refractivity contribution in [2.75, 3.05) is 9.80 Å². The smallest absolute Gasteiger partial charge is 0.117 e. The van der Waals surface area contributed by atoms with Crippen molar-refractivity contribution in [3.8, 4) is 0 Å². The lowest BCUT2D eigenvalue weighted by molar-refractivity contribution is 0.171. The van der Waals surface area contributed by atoms with Gasteiger partial charge in [0, 0.05) is 22.2 Å². The second kappa shape index (κ2) is 6.00. The van der Waals surface area contributed by atoms with E-state index >= 15 is 0 Å². The lowest BCUT2D eigenvalue weighted by Gasteiger charge is -2.56. The number of hydrogen-bond acceptors (Lipinski definition) is 2. The molecule has 29 heavy (non-hydrogen) atoms.